The molecule has 0 saturated carbocycles. The number of piperazine rings is 1. The van der Waals surface area contributed by atoms with Crippen LogP contribution >= 0.6 is 24.0 Å². The van der Waals surface area contributed by atoms with Gasteiger partial charge in [0.05, 0.1) is 0 Å². The Bertz CT molecular complexity index is 952. The fraction of sp³-hybridized carbons (Fsp3) is 0.350. The normalized spacial score (nSPS) is 14.8. The summed E-state index contributed by atoms with van der Waals surface area (Å²) in [5, 5.41) is 4.37. The number of nitrogens with zero attached hydrogens (tertiary/aromatic N) is 5. The molecule has 0 amide bonds. The molecule has 7 nitrogen and oxygen atoms in total. The van der Waals surface area contributed by atoms with Crippen LogP contribution < -0.4 is 10.2 Å². The number of rotatable bonds is 4. The quantitative estimate of drug-likeness (QED) is 0.322. The average Bonchev–Trinajstić information content (AvgIpc) is 3.14. The van der Waals surface area contributed by atoms with E-state index in [4.69, 9.17) is 0 Å². The zero-order valence-electron chi connectivity index (χ0n) is 16.3. The molecule has 1 aliphatic rings. The average molecular weight is 509 g/mol. The van der Waals surface area contributed by atoms with Crippen molar-refractivity contribution >= 4 is 46.8 Å². The van der Waals surface area contributed by atoms with Crippen LogP contribution in [0.5, 0.6) is 0 Å². The standard InChI is InChI=1S/C20H24FN7.HI/c1-22-19(27-9-11-28(12-10-27)20-23-6-2-7-24-20)25-8-5-15-14-26-18-4-3-16(21)13-17(15)18;/h2-4,6-7,13-14,26H,5,8-12H2,1H3,(H,22,25);1H. The molecule has 9 heteroatoms. The van der Waals surface area contributed by atoms with Gasteiger partial charge in [-0.05, 0) is 36.2 Å². The molecule has 0 spiro atoms. The Morgan fingerprint density at radius 3 is 2.69 bits per heavy atom. The highest BCUT2D eigenvalue weighted by molar-refractivity contribution is 14.0. The second-order valence-corrected chi connectivity index (χ2v) is 6.75. The number of anilines is 1. The number of hydrogen-bond acceptors (Lipinski definition) is 4. The first kappa shape index (κ1) is 21.3. The number of aliphatic imine (C=N–C) groups is 1. The molecule has 0 atom stereocenters. The summed E-state index contributed by atoms with van der Waals surface area (Å²) in [6.07, 6.45) is 6.28. The summed E-state index contributed by atoms with van der Waals surface area (Å²) < 4.78 is 13.5. The van der Waals surface area contributed by atoms with E-state index in [1.165, 1.54) is 6.07 Å². The molecule has 3 heterocycles. The third-order valence-corrected chi connectivity index (χ3v) is 5.03. The number of H-pyrrole nitrogens is 1. The van der Waals surface area contributed by atoms with E-state index in [0.717, 1.165) is 67.5 Å². The molecule has 29 heavy (non-hydrogen) atoms. The first-order valence-electron chi connectivity index (χ1n) is 9.47. The van der Waals surface area contributed by atoms with Crippen LogP contribution in [0.4, 0.5) is 10.3 Å². The van der Waals surface area contributed by atoms with Crippen LogP contribution in [-0.4, -0.2) is 65.6 Å². The molecule has 1 aromatic carbocycles. The van der Waals surface area contributed by atoms with E-state index < -0.39 is 0 Å². The summed E-state index contributed by atoms with van der Waals surface area (Å²) in [5.41, 5.74) is 2.06. The Morgan fingerprint density at radius 2 is 1.97 bits per heavy atom. The van der Waals surface area contributed by atoms with Gasteiger partial charge in [0.2, 0.25) is 5.95 Å². The van der Waals surface area contributed by atoms with Gasteiger partial charge in [-0.1, -0.05) is 0 Å². The highest BCUT2D eigenvalue weighted by atomic mass is 127. The summed E-state index contributed by atoms with van der Waals surface area (Å²) in [6, 6.07) is 6.66. The third-order valence-electron chi connectivity index (χ3n) is 5.03. The van der Waals surface area contributed by atoms with Crippen LogP contribution in [-0.2, 0) is 6.42 Å². The Labute approximate surface area is 186 Å². The third kappa shape index (κ3) is 4.95. The number of halogens is 2. The minimum absolute atomic E-state index is 0. The number of hydrogen-bond donors (Lipinski definition) is 2. The van der Waals surface area contributed by atoms with Crippen molar-refractivity contribution in [2.45, 2.75) is 6.42 Å². The van der Waals surface area contributed by atoms with Gasteiger partial charge >= 0.3 is 0 Å². The van der Waals surface area contributed by atoms with E-state index in [9.17, 15) is 4.39 Å². The Hall–Kier alpha value is -2.43. The molecule has 0 aliphatic carbocycles. The van der Waals surface area contributed by atoms with Crippen LogP contribution in [0.1, 0.15) is 5.56 Å². The van der Waals surface area contributed by atoms with Crippen LogP contribution in [0.3, 0.4) is 0 Å². The molecule has 1 aliphatic heterocycles. The van der Waals surface area contributed by atoms with Crippen molar-refractivity contribution in [2.75, 3.05) is 44.7 Å². The number of guanidine groups is 1. The Balaban J connectivity index is 0.00000240. The molecular weight excluding hydrogens is 484 g/mol. The summed E-state index contributed by atoms with van der Waals surface area (Å²) in [4.78, 5) is 20.7. The maximum absolute atomic E-state index is 13.5. The lowest BCUT2D eigenvalue weighted by Crippen LogP contribution is -2.53. The lowest BCUT2D eigenvalue weighted by molar-refractivity contribution is 0.370. The molecule has 0 radical (unpaired) electrons. The number of aromatic nitrogens is 3. The predicted octanol–water partition coefficient (Wildman–Crippen LogP) is 2.66. The van der Waals surface area contributed by atoms with E-state index in [1.54, 1.807) is 31.6 Å². The van der Waals surface area contributed by atoms with Crippen molar-refractivity contribution in [1.82, 2.24) is 25.2 Å². The van der Waals surface area contributed by atoms with Gasteiger partial charge in [0.15, 0.2) is 5.96 Å². The van der Waals surface area contributed by atoms with Crippen LogP contribution in [0.25, 0.3) is 10.9 Å². The van der Waals surface area contributed by atoms with Crippen molar-refractivity contribution < 1.29 is 4.39 Å². The van der Waals surface area contributed by atoms with E-state index >= 15 is 0 Å². The molecule has 0 unspecified atom stereocenters. The van der Waals surface area contributed by atoms with Crippen LogP contribution in [0, 0.1) is 5.82 Å². The monoisotopic (exact) mass is 509 g/mol. The molecule has 2 aromatic heterocycles. The second kappa shape index (κ2) is 9.86. The zero-order valence-corrected chi connectivity index (χ0v) is 18.6. The molecule has 4 rings (SSSR count). The molecule has 1 fully saturated rings. The first-order valence-corrected chi connectivity index (χ1v) is 9.47. The van der Waals surface area contributed by atoms with Crippen molar-refractivity contribution in [3.8, 4) is 0 Å². The largest absolute Gasteiger partial charge is 0.361 e. The maximum Gasteiger partial charge on any atom is 0.225 e. The number of aromatic amines is 1. The van der Waals surface area contributed by atoms with E-state index in [1.807, 2.05) is 12.3 Å². The van der Waals surface area contributed by atoms with Gasteiger partial charge in [0.25, 0.3) is 0 Å². The van der Waals surface area contributed by atoms with Gasteiger partial charge in [-0.2, -0.15) is 0 Å². The second-order valence-electron chi connectivity index (χ2n) is 6.75. The fourth-order valence-corrected chi connectivity index (χ4v) is 3.57. The van der Waals surface area contributed by atoms with Crippen molar-refractivity contribution in [3.63, 3.8) is 0 Å². The zero-order chi connectivity index (χ0) is 19.3. The van der Waals surface area contributed by atoms with Gasteiger partial charge in [-0.25, -0.2) is 14.4 Å². The van der Waals surface area contributed by atoms with Crippen LogP contribution in [0.15, 0.2) is 47.8 Å². The predicted molar refractivity (Wildman–Crippen MR) is 125 cm³/mol. The Kier molecular flexibility index (Phi) is 7.24. The first-order chi connectivity index (χ1) is 13.7. The fourth-order valence-electron chi connectivity index (χ4n) is 3.57. The highest BCUT2D eigenvalue weighted by Gasteiger charge is 2.21. The molecule has 154 valence electrons. The lowest BCUT2D eigenvalue weighted by atomic mass is 10.1. The van der Waals surface area contributed by atoms with Crippen molar-refractivity contribution in [2.24, 2.45) is 4.99 Å². The molecule has 2 N–H and O–H groups in total. The van der Waals surface area contributed by atoms with E-state index in [-0.39, 0.29) is 29.8 Å². The molecule has 1 saturated heterocycles. The van der Waals surface area contributed by atoms with Gasteiger partial charge in [0.1, 0.15) is 5.82 Å². The lowest BCUT2D eigenvalue weighted by Gasteiger charge is -2.36. The Morgan fingerprint density at radius 1 is 1.21 bits per heavy atom. The summed E-state index contributed by atoms with van der Waals surface area (Å²) in [5.74, 6) is 1.45. The SMILES string of the molecule is CN=C(NCCc1c[nH]c2ccc(F)cc12)N1CCN(c2ncccn2)CC1.I. The molecule has 0 bridgehead atoms. The summed E-state index contributed by atoms with van der Waals surface area (Å²) in [7, 11) is 1.80. The molecular formula is C20H25FIN7. The highest BCUT2D eigenvalue weighted by Crippen LogP contribution is 2.19. The van der Waals surface area contributed by atoms with Gasteiger partial charge in [-0.3, -0.25) is 4.99 Å². The summed E-state index contributed by atoms with van der Waals surface area (Å²) >= 11 is 0. The summed E-state index contributed by atoms with van der Waals surface area (Å²) in [6.45, 7) is 4.16. The smallest absolute Gasteiger partial charge is 0.225 e. The topological polar surface area (TPSA) is 72.4 Å². The van der Waals surface area contributed by atoms with Gasteiger partial charge in [0, 0.05) is 69.3 Å². The number of benzene rings is 1. The minimum atomic E-state index is -0.211. The van der Waals surface area contributed by atoms with E-state index in [2.05, 4.69) is 35.1 Å². The maximum atomic E-state index is 13.5. The van der Waals surface area contributed by atoms with Gasteiger partial charge < -0.3 is 20.1 Å². The minimum Gasteiger partial charge on any atom is -0.361 e. The van der Waals surface area contributed by atoms with Crippen molar-refractivity contribution in [3.05, 3.63) is 54.2 Å². The molecule has 3 aromatic rings. The van der Waals surface area contributed by atoms with Gasteiger partial charge in [-0.15, -0.1) is 24.0 Å². The number of fused-ring (bicyclic) bond motifs is 1. The number of nitrogens with one attached hydrogen (secondary N) is 2. The van der Waals surface area contributed by atoms with Crippen LogP contribution in [0.2, 0.25) is 0 Å². The van der Waals surface area contributed by atoms with E-state index in [0.29, 0.717) is 0 Å². The van der Waals surface area contributed by atoms with Crippen molar-refractivity contribution in [1.29, 1.82) is 0 Å².